The standard InChI is InChI=1S/C6H10Cl/c1-2-3-4-5-6-7/h2-3H,1,4-6H2/b3-2+. The second kappa shape index (κ2) is 6.03. The number of unbranched alkanes of at least 4 members (excludes halogenated alkanes) is 1. The first-order chi connectivity index (χ1) is 3.41. The third kappa shape index (κ3) is 6.03. The van der Waals surface area contributed by atoms with Crippen LogP contribution in [0.4, 0.5) is 0 Å². The third-order valence-corrected chi connectivity index (χ3v) is 0.938. The average molecular weight is 118 g/mol. The van der Waals surface area contributed by atoms with Gasteiger partial charge in [0.1, 0.15) is 0 Å². The highest BCUT2D eigenvalue weighted by Gasteiger charge is 1.74. The van der Waals surface area contributed by atoms with E-state index in [4.69, 9.17) is 11.6 Å². The molecule has 0 atom stereocenters. The van der Waals surface area contributed by atoms with Gasteiger partial charge in [-0.05, 0) is 19.8 Å². The third-order valence-electron chi connectivity index (χ3n) is 0.671. The largest absolute Gasteiger partial charge is 0.127 e. The summed E-state index contributed by atoms with van der Waals surface area (Å²) < 4.78 is 0. The van der Waals surface area contributed by atoms with Gasteiger partial charge in [0.25, 0.3) is 0 Å². The number of rotatable bonds is 3. The van der Waals surface area contributed by atoms with Crippen LogP contribution in [0, 0.1) is 6.92 Å². The summed E-state index contributed by atoms with van der Waals surface area (Å²) in [6, 6.07) is 0. The van der Waals surface area contributed by atoms with Crippen molar-refractivity contribution in [3.8, 4) is 0 Å². The summed E-state index contributed by atoms with van der Waals surface area (Å²) in [5.74, 6) is 0.754. The van der Waals surface area contributed by atoms with Crippen LogP contribution in [0.15, 0.2) is 12.2 Å². The highest BCUT2D eigenvalue weighted by molar-refractivity contribution is 6.17. The molecule has 0 unspecified atom stereocenters. The van der Waals surface area contributed by atoms with Crippen LogP contribution in [0.1, 0.15) is 12.8 Å². The van der Waals surface area contributed by atoms with Crippen LogP contribution >= 0.6 is 11.6 Å². The van der Waals surface area contributed by atoms with Crippen LogP contribution in [-0.2, 0) is 0 Å². The van der Waals surface area contributed by atoms with E-state index in [2.05, 4.69) is 6.92 Å². The van der Waals surface area contributed by atoms with Gasteiger partial charge in [-0.2, -0.15) is 0 Å². The van der Waals surface area contributed by atoms with E-state index in [0.29, 0.717) is 0 Å². The first-order valence-corrected chi connectivity index (χ1v) is 2.95. The Kier molecular flexibility index (Phi) is 6.06. The molecule has 0 amide bonds. The molecule has 0 heterocycles. The zero-order valence-corrected chi connectivity index (χ0v) is 5.12. The Morgan fingerprint density at radius 3 is 2.71 bits per heavy atom. The van der Waals surface area contributed by atoms with Crippen LogP contribution in [-0.4, -0.2) is 5.88 Å². The Morgan fingerprint density at radius 1 is 1.57 bits per heavy atom. The molecule has 0 rings (SSSR count). The Bertz CT molecular complexity index is 48.1. The molecule has 1 radical (unpaired) electrons. The van der Waals surface area contributed by atoms with Crippen LogP contribution < -0.4 is 0 Å². The Morgan fingerprint density at radius 2 is 2.29 bits per heavy atom. The molecule has 0 aliphatic rings. The fourth-order valence-corrected chi connectivity index (χ4v) is 0.467. The highest BCUT2D eigenvalue weighted by Crippen LogP contribution is 1.91. The van der Waals surface area contributed by atoms with Crippen molar-refractivity contribution in [2.45, 2.75) is 12.8 Å². The maximum absolute atomic E-state index is 5.38. The van der Waals surface area contributed by atoms with Crippen LogP contribution in [0.5, 0.6) is 0 Å². The quantitative estimate of drug-likeness (QED) is 0.393. The van der Waals surface area contributed by atoms with Crippen LogP contribution in [0.25, 0.3) is 0 Å². The zero-order valence-electron chi connectivity index (χ0n) is 4.36. The summed E-state index contributed by atoms with van der Waals surface area (Å²) in [6.07, 6.45) is 5.94. The fourth-order valence-electron chi connectivity index (χ4n) is 0.313. The minimum Gasteiger partial charge on any atom is -0.127 e. The van der Waals surface area contributed by atoms with E-state index in [9.17, 15) is 0 Å². The zero-order chi connectivity index (χ0) is 5.54. The lowest BCUT2D eigenvalue weighted by Crippen LogP contribution is -1.68. The number of allylic oxidation sites excluding steroid dienone is 2. The predicted molar refractivity (Wildman–Crippen MR) is 34.5 cm³/mol. The Balaban J connectivity index is 2.69. The molecule has 7 heavy (non-hydrogen) atoms. The second-order valence-corrected chi connectivity index (χ2v) is 1.68. The topological polar surface area (TPSA) is 0 Å². The molecule has 0 aromatic rings. The van der Waals surface area contributed by atoms with Crippen molar-refractivity contribution < 1.29 is 0 Å². The summed E-state index contributed by atoms with van der Waals surface area (Å²) in [7, 11) is 0. The lowest BCUT2D eigenvalue weighted by atomic mass is 10.3. The number of halogens is 1. The van der Waals surface area contributed by atoms with Gasteiger partial charge in [0.2, 0.25) is 0 Å². The van der Waals surface area contributed by atoms with Gasteiger partial charge in [-0.1, -0.05) is 12.2 Å². The van der Waals surface area contributed by atoms with E-state index in [0.717, 1.165) is 18.7 Å². The van der Waals surface area contributed by atoms with Crippen LogP contribution in [0.2, 0.25) is 0 Å². The summed E-state index contributed by atoms with van der Waals surface area (Å²) in [5, 5.41) is 0. The van der Waals surface area contributed by atoms with E-state index >= 15 is 0 Å². The van der Waals surface area contributed by atoms with Crippen molar-refractivity contribution in [1.82, 2.24) is 0 Å². The van der Waals surface area contributed by atoms with Crippen molar-refractivity contribution in [2.24, 2.45) is 0 Å². The van der Waals surface area contributed by atoms with E-state index in [1.807, 2.05) is 6.08 Å². The SMILES string of the molecule is [CH2]/C=C/CCCCl. The molecule has 0 saturated heterocycles. The highest BCUT2D eigenvalue weighted by atomic mass is 35.5. The molecule has 0 saturated carbocycles. The molecule has 0 aliphatic heterocycles. The summed E-state index contributed by atoms with van der Waals surface area (Å²) in [6.45, 7) is 3.53. The molecule has 0 aromatic carbocycles. The Hall–Kier alpha value is 0.0300. The fraction of sp³-hybridized carbons (Fsp3) is 0.500. The summed E-state index contributed by atoms with van der Waals surface area (Å²) >= 11 is 5.38. The number of hydrogen-bond acceptors (Lipinski definition) is 0. The normalized spacial score (nSPS) is 10.6. The van der Waals surface area contributed by atoms with E-state index in [1.54, 1.807) is 6.08 Å². The van der Waals surface area contributed by atoms with Crippen molar-refractivity contribution in [1.29, 1.82) is 0 Å². The molecule has 0 aliphatic carbocycles. The first-order valence-electron chi connectivity index (χ1n) is 2.42. The van der Waals surface area contributed by atoms with Gasteiger partial charge < -0.3 is 0 Å². The molecule has 1 heteroatoms. The second-order valence-electron chi connectivity index (χ2n) is 1.30. The van der Waals surface area contributed by atoms with Gasteiger partial charge in [0.05, 0.1) is 0 Å². The van der Waals surface area contributed by atoms with Gasteiger partial charge in [0, 0.05) is 5.88 Å². The summed E-state index contributed by atoms with van der Waals surface area (Å²) in [5.41, 5.74) is 0. The maximum Gasteiger partial charge on any atom is 0.0226 e. The van der Waals surface area contributed by atoms with Crippen molar-refractivity contribution in [3.63, 3.8) is 0 Å². The summed E-state index contributed by atoms with van der Waals surface area (Å²) in [4.78, 5) is 0. The molecular formula is C6H10Cl. The molecular weight excluding hydrogens is 108 g/mol. The number of hydrogen-bond donors (Lipinski definition) is 0. The molecule has 0 spiro atoms. The maximum atomic E-state index is 5.38. The monoisotopic (exact) mass is 117 g/mol. The van der Waals surface area contributed by atoms with Gasteiger partial charge >= 0.3 is 0 Å². The molecule has 0 aromatic heterocycles. The van der Waals surface area contributed by atoms with E-state index in [1.165, 1.54) is 0 Å². The lowest BCUT2D eigenvalue weighted by Gasteiger charge is -1.82. The molecule has 0 bridgehead atoms. The van der Waals surface area contributed by atoms with Crippen molar-refractivity contribution >= 4 is 11.6 Å². The van der Waals surface area contributed by atoms with Gasteiger partial charge in [-0.25, -0.2) is 0 Å². The minimum atomic E-state index is 0.754. The average Bonchev–Trinajstić information content (AvgIpc) is 1.69. The first kappa shape index (κ1) is 7.03. The van der Waals surface area contributed by atoms with Crippen molar-refractivity contribution in [3.05, 3.63) is 19.1 Å². The smallest absolute Gasteiger partial charge is 0.0226 e. The van der Waals surface area contributed by atoms with Gasteiger partial charge in [0.15, 0.2) is 0 Å². The number of alkyl halides is 1. The molecule has 41 valence electrons. The molecule has 0 fully saturated rings. The predicted octanol–water partition coefficient (Wildman–Crippen LogP) is 2.40. The molecule has 0 N–H and O–H groups in total. The van der Waals surface area contributed by atoms with Crippen molar-refractivity contribution in [2.75, 3.05) is 5.88 Å². The Labute approximate surface area is 50.2 Å². The van der Waals surface area contributed by atoms with Gasteiger partial charge in [-0.3, -0.25) is 0 Å². The molecule has 0 nitrogen and oxygen atoms in total. The lowest BCUT2D eigenvalue weighted by molar-refractivity contribution is 0.966. The van der Waals surface area contributed by atoms with Gasteiger partial charge in [-0.15, -0.1) is 11.6 Å². The van der Waals surface area contributed by atoms with E-state index < -0.39 is 0 Å². The minimum absolute atomic E-state index is 0.754. The van der Waals surface area contributed by atoms with E-state index in [-0.39, 0.29) is 0 Å². The van der Waals surface area contributed by atoms with Crippen LogP contribution in [0.3, 0.4) is 0 Å².